The zero-order valence-corrected chi connectivity index (χ0v) is 20.6. The molecule has 0 aliphatic rings. The van der Waals surface area contributed by atoms with E-state index in [1.165, 1.54) is 0 Å². The van der Waals surface area contributed by atoms with Gasteiger partial charge in [0.15, 0.2) is 0 Å². The SMILES string of the molecule is CC(=O)[O-].NCC(N)OS[O-].O=COS(=O)(=O)O.O=COS(=O)(=O)O.[Na+].[Na+]. The van der Waals surface area contributed by atoms with E-state index in [1.54, 1.807) is 0 Å². The molecule has 0 saturated heterocycles. The Bertz CT molecular complexity index is 513. The predicted molar refractivity (Wildman–Crippen MR) is 74.6 cm³/mol. The second kappa shape index (κ2) is 26.4. The third-order valence-electron chi connectivity index (χ3n) is 0.717. The number of hydrogen-bond donors (Lipinski definition) is 4. The van der Waals surface area contributed by atoms with Crippen LogP contribution in [0.2, 0.25) is 0 Å². The zero-order valence-electron chi connectivity index (χ0n) is 14.1. The van der Waals surface area contributed by atoms with Gasteiger partial charge in [-0.1, -0.05) is 12.3 Å². The molecule has 0 aliphatic heterocycles. The molecule has 0 aliphatic carbocycles. The van der Waals surface area contributed by atoms with Crippen LogP contribution in [-0.4, -0.2) is 62.2 Å². The van der Waals surface area contributed by atoms with Gasteiger partial charge in [-0.2, -0.15) is 16.8 Å². The van der Waals surface area contributed by atoms with Gasteiger partial charge in [-0.3, -0.25) is 18.7 Å². The van der Waals surface area contributed by atoms with E-state index in [1.807, 2.05) is 0 Å². The summed E-state index contributed by atoms with van der Waals surface area (Å²) >= 11 is -0.0207. The maximum absolute atomic E-state index is 9.46. The fourth-order valence-electron chi connectivity index (χ4n) is 0.189. The minimum absolute atomic E-state index is 0. The van der Waals surface area contributed by atoms with E-state index in [0.717, 1.165) is 6.92 Å². The smallest absolute Gasteiger partial charge is 0.776 e. The molecule has 27 heavy (non-hydrogen) atoms. The molecule has 1 atom stereocenters. The van der Waals surface area contributed by atoms with E-state index in [9.17, 15) is 21.4 Å². The molecule has 0 aromatic carbocycles. The van der Waals surface area contributed by atoms with Crippen LogP contribution in [0.3, 0.4) is 0 Å². The maximum atomic E-state index is 9.46. The molecular formula is C6H14N2Na2O14S3. The Morgan fingerprint density at radius 1 is 1.11 bits per heavy atom. The van der Waals surface area contributed by atoms with Gasteiger partial charge in [0.2, 0.25) is 0 Å². The minimum Gasteiger partial charge on any atom is -0.776 e. The quantitative estimate of drug-likeness (QED) is 0.0864. The summed E-state index contributed by atoms with van der Waals surface area (Å²) in [5.41, 5.74) is 9.97. The number of carboxylic acid groups (broad SMARTS) is 1. The average molecular weight is 480 g/mol. The monoisotopic (exact) mass is 480 g/mol. The fraction of sp³-hybridized carbons (Fsp3) is 0.500. The number of carboxylic acids is 1. The van der Waals surface area contributed by atoms with E-state index in [2.05, 4.69) is 12.5 Å². The van der Waals surface area contributed by atoms with Crippen molar-refractivity contribution in [3.63, 3.8) is 0 Å². The van der Waals surface area contributed by atoms with Crippen LogP contribution in [0.4, 0.5) is 0 Å². The van der Waals surface area contributed by atoms with Gasteiger partial charge in [-0.15, -0.1) is 0 Å². The number of aliphatic carboxylic acids is 1. The van der Waals surface area contributed by atoms with E-state index in [4.69, 9.17) is 40.1 Å². The van der Waals surface area contributed by atoms with Gasteiger partial charge in [0.05, 0.1) is 0 Å². The van der Waals surface area contributed by atoms with Crippen LogP contribution < -0.4 is 75.7 Å². The summed E-state index contributed by atoms with van der Waals surface area (Å²) in [7, 11) is -9.08. The Kier molecular flexibility index (Phi) is 40.8. The molecule has 0 saturated carbocycles. The summed E-state index contributed by atoms with van der Waals surface area (Å²) in [5, 5.41) is 8.89. The molecule has 0 aromatic heterocycles. The first kappa shape index (κ1) is 41.7. The number of rotatable bonds is 7. The van der Waals surface area contributed by atoms with E-state index in [-0.39, 0.29) is 90.9 Å². The third kappa shape index (κ3) is 87.5. The van der Waals surface area contributed by atoms with Gasteiger partial charge in [-0.25, -0.2) is 0 Å². The van der Waals surface area contributed by atoms with Crippen LogP contribution in [0.5, 0.6) is 0 Å². The van der Waals surface area contributed by atoms with Crippen molar-refractivity contribution in [2.75, 3.05) is 6.54 Å². The molecule has 21 heteroatoms. The first-order valence-electron chi connectivity index (χ1n) is 4.94. The molecule has 0 rings (SSSR count). The summed E-state index contributed by atoms with van der Waals surface area (Å²) in [4.78, 5) is 27.0. The topological polar surface area (TPSA) is 286 Å². The molecule has 0 bridgehead atoms. The van der Waals surface area contributed by atoms with Crippen LogP contribution >= 0.6 is 12.3 Å². The van der Waals surface area contributed by atoms with Gasteiger partial charge >= 0.3 is 92.9 Å². The summed E-state index contributed by atoms with van der Waals surface area (Å²) in [6, 6.07) is 0. The molecule has 0 heterocycles. The summed E-state index contributed by atoms with van der Waals surface area (Å²) < 4.78 is 72.2. The van der Waals surface area contributed by atoms with Crippen LogP contribution in [0.1, 0.15) is 6.92 Å². The minimum atomic E-state index is -4.54. The number of hydrogen-bond acceptors (Lipinski definition) is 15. The Labute approximate surface area is 203 Å². The number of carbonyl (C=O) groups is 3. The van der Waals surface area contributed by atoms with Crippen molar-refractivity contribution in [3.8, 4) is 0 Å². The van der Waals surface area contributed by atoms with Gasteiger partial charge in [0.25, 0.3) is 0 Å². The average Bonchev–Trinajstić information content (AvgIpc) is 2.36. The van der Waals surface area contributed by atoms with Crippen molar-refractivity contribution in [1.82, 2.24) is 0 Å². The second-order valence-electron chi connectivity index (χ2n) is 2.67. The normalized spacial score (nSPS) is 10.0. The van der Waals surface area contributed by atoms with Gasteiger partial charge < -0.3 is 38.5 Å². The Hall–Kier alpha value is 0.420. The standard InChI is InChI=1S/C2H8N2O2S.C2H4O2.2CH2O5S.2Na/c3-1-2(4)6-7-5;1-2(3)4;2*2-1-6-7(3,4)5;;/h2,5H,1,3-4H2;1H3,(H,3,4);2*1H,(H,3,4,5);;/q;;;;2*+1/p-2. The van der Waals surface area contributed by atoms with Crippen molar-refractivity contribution in [2.45, 2.75) is 13.2 Å². The first-order valence-corrected chi connectivity index (χ1v) is 8.33. The molecule has 6 N–H and O–H groups in total. The second-order valence-corrected chi connectivity index (χ2v) is 5.09. The van der Waals surface area contributed by atoms with Crippen molar-refractivity contribution in [1.29, 1.82) is 0 Å². The molecule has 0 radical (unpaired) electrons. The number of carbonyl (C=O) groups excluding carboxylic acids is 3. The Morgan fingerprint density at radius 3 is 1.41 bits per heavy atom. The molecule has 152 valence electrons. The molecule has 0 fully saturated rings. The third-order valence-corrected chi connectivity index (χ3v) is 1.69. The Morgan fingerprint density at radius 2 is 1.37 bits per heavy atom. The van der Waals surface area contributed by atoms with Crippen LogP contribution in [0.15, 0.2) is 0 Å². The van der Waals surface area contributed by atoms with Crippen LogP contribution in [0, 0.1) is 0 Å². The van der Waals surface area contributed by atoms with E-state index < -0.39 is 33.0 Å². The van der Waals surface area contributed by atoms with Crippen molar-refractivity contribution in [2.24, 2.45) is 11.5 Å². The molecule has 1 unspecified atom stereocenters. The predicted octanol–water partition coefficient (Wildman–Crippen LogP) is -10.3. The largest absolute Gasteiger partial charge is 1.00 e. The van der Waals surface area contributed by atoms with Crippen molar-refractivity contribution < 1.29 is 122 Å². The molecule has 16 nitrogen and oxygen atoms in total. The fourth-order valence-corrected chi connectivity index (χ4v) is 0.567. The van der Waals surface area contributed by atoms with Gasteiger partial charge in [-0.05, 0) is 6.92 Å². The van der Waals surface area contributed by atoms with Gasteiger partial charge in [0.1, 0.15) is 6.23 Å². The van der Waals surface area contributed by atoms with E-state index in [0.29, 0.717) is 0 Å². The maximum Gasteiger partial charge on any atom is 1.00 e. The van der Waals surface area contributed by atoms with Crippen molar-refractivity contribution >= 4 is 52.0 Å². The van der Waals surface area contributed by atoms with Crippen LogP contribution in [-0.2, 0) is 47.7 Å². The summed E-state index contributed by atoms with van der Waals surface area (Å²) in [6.45, 7) is 0.389. The van der Waals surface area contributed by atoms with Gasteiger partial charge in [0, 0.05) is 12.5 Å². The summed E-state index contributed by atoms with van der Waals surface area (Å²) in [5.74, 6) is -1.08. The molecule has 0 aromatic rings. The molecule has 0 amide bonds. The van der Waals surface area contributed by atoms with Crippen LogP contribution in [0.25, 0.3) is 0 Å². The zero-order chi connectivity index (χ0) is 21.1. The Balaban J connectivity index is -0.0000000541. The van der Waals surface area contributed by atoms with E-state index >= 15 is 0 Å². The molecule has 0 spiro atoms. The first-order chi connectivity index (χ1) is 11.2. The van der Waals surface area contributed by atoms with Crippen molar-refractivity contribution in [3.05, 3.63) is 0 Å². The number of nitrogens with two attached hydrogens (primary N) is 2. The summed E-state index contributed by atoms with van der Waals surface area (Å²) in [6.07, 6.45) is -0.623. The molecular weight excluding hydrogens is 466 g/mol.